The lowest BCUT2D eigenvalue weighted by molar-refractivity contribution is 0.167. The van der Waals surface area contributed by atoms with Crippen molar-refractivity contribution in [3.05, 3.63) is 12.3 Å². The van der Waals surface area contributed by atoms with Crippen molar-refractivity contribution in [1.82, 2.24) is 14.2 Å². The standard InChI is InChI=1S/C19H29N5O3S/c1-22-12-9-20-18-17(22)13-16(14-21-18)28(26,27)24(15-7-3-2-4-8-15)19(25)23-10-5-6-11-23/h13-15H,2-12H2,1H3,(H,20,21). The summed E-state index contributed by atoms with van der Waals surface area (Å²) in [5.74, 6) is 0.683. The summed E-state index contributed by atoms with van der Waals surface area (Å²) >= 11 is 0. The number of urea groups is 1. The molecule has 0 unspecified atom stereocenters. The lowest BCUT2D eigenvalue weighted by Crippen LogP contribution is -2.51. The fourth-order valence-electron chi connectivity index (χ4n) is 4.40. The van der Waals surface area contributed by atoms with Crippen LogP contribution in [0.25, 0.3) is 0 Å². The molecule has 2 amide bonds. The van der Waals surface area contributed by atoms with Crippen molar-refractivity contribution >= 4 is 27.6 Å². The molecule has 1 saturated carbocycles. The van der Waals surface area contributed by atoms with Gasteiger partial charge in [0.05, 0.1) is 11.7 Å². The van der Waals surface area contributed by atoms with Gasteiger partial charge in [-0.05, 0) is 31.7 Å². The van der Waals surface area contributed by atoms with Crippen LogP contribution >= 0.6 is 0 Å². The minimum Gasteiger partial charge on any atom is -0.370 e. The van der Waals surface area contributed by atoms with E-state index >= 15 is 0 Å². The Morgan fingerprint density at radius 2 is 1.86 bits per heavy atom. The largest absolute Gasteiger partial charge is 0.370 e. The predicted molar refractivity (Wildman–Crippen MR) is 108 cm³/mol. The van der Waals surface area contributed by atoms with Crippen LogP contribution in [0.4, 0.5) is 16.3 Å². The summed E-state index contributed by atoms with van der Waals surface area (Å²) in [6.45, 7) is 2.81. The first-order valence-corrected chi connectivity index (χ1v) is 11.7. The van der Waals surface area contributed by atoms with Gasteiger partial charge in [0, 0.05) is 39.4 Å². The summed E-state index contributed by atoms with van der Waals surface area (Å²) in [6.07, 6.45) is 7.73. The predicted octanol–water partition coefficient (Wildman–Crippen LogP) is 2.48. The van der Waals surface area contributed by atoms with Gasteiger partial charge in [-0.25, -0.2) is 22.5 Å². The van der Waals surface area contributed by atoms with Gasteiger partial charge < -0.3 is 15.1 Å². The van der Waals surface area contributed by atoms with Gasteiger partial charge in [-0.15, -0.1) is 0 Å². The molecule has 154 valence electrons. The van der Waals surface area contributed by atoms with Crippen LogP contribution in [0.15, 0.2) is 17.2 Å². The number of hydrogen-bond donors (Lipinski definition) is 1. The smallest absolute Gasteiger partial charge is 0.334 e. The Balaban J connectivity index is 1.71. The third-order valence-corrected chi connectivity index (χ3v) is 7.81. The van der Waals surface area contributed by atoms with E-state index in [1.807, 2.05) is 11.9 Å². The molecule has 0 bridgehead atoms. The SMILES string of the molecule is CN1CCNc2ncc(S(=O)(=O)N(C(=O)N3CCCC3)C3CCCCC3)cc21. The minimum atomic E-state index is -3.97. The maximum atomic E-state index is 13.6. The lowest BCUT2D eigenvalue weighted by Gasteiger charge is -2.36. The summed E-state index contributed by atoms with van der Waals surface area (Å²) in [4.78, 5) is 21.4. The molecule has 3 aliphatic rings. The molecule has 1 aromatic heterocycles. The van der Waals surface area contributed by atoms with E-state index in [0.29, 0.717) is 18.9 Å². The number of hydrogen-bond acceptors (Lipinski definition) is 6. The summed E-state index contributed by atoms with van der Waals surface area (Å²) < 4.78 is 28.4. The maximum absolute atomic E-state index is 13.6. The number of fused-ring (bicyclic) bond motifs is 1. The van der Waals surface area contributed by atoms with Crippen molar-refractivity contribution in [1.29, 1.82) is 0 Å². The molecule has 0 atom stereocenters. The van der Waals surface area contributed by atoms with Crippen LogP contribution in [0, 0.1) is 0 Å². The zero-order valence-electron chi connectivity index (χ0n) is 16.4. The molecule has 28 heavy (non-hydrogen) atoms. The number of aromatic nitrogens is 1. The van der Waals surface area contributed by atoms with Crippen molar-refractivity contribution in [2.24, 2.45) is 0 Å². The van der Waals surface area contributed by atoms with E-state index in [4.69, 9.17) is 0 Å². The maximum Gasteiger partial charge on any atom is 0.334 e. The number of likely N-dealkylation sites (tertiary alicyclic amines) is 1. The highest BCUT2D eigenvalue weighted by atomic mass is 32.2. The average molecular weight is 408 g/mol. The van der Waals surface area contributed by atoms with E-state index in [0.717, 1.165) is 63.7 Å². The summed E-state index contributed by atoms with van der Waals surface area (Å²) in [5, 5.41) is 3.20. The number of nitrogens with zero attached hydrogens (tertiary/aromatic N) is 4. The lowest BCUT2D eigenvalue weighted by atomic mass is 9.96. The number of rotatable bonds is 3. The molecule has 0 radical (unpaired) electrons. The Morgan fingerprint density at radius 1 is 1.14 bits per heavy atom. The third-order valence-electron chi connectivity index (χ3n) is 6.02. The van der Waals surface area contributed by atoms with E-state index in [9.17, 15) is 13.2 Å². The summed E-state index contributed by atoms with van der Waals surface area (Å²) in [6, 6.07) is 1.02. The van der Waals surface area contributed by atoms with E-state index in [2.05, 4.69) is 10.3 Å². The summed E-state index contributed by atoms with van der Waals surface area (Å²) in [7, 11) is -2.05. The first-order chi connectivity index (χ1) is 13.5. The average Bonchev–Trinajstić information content (AvgIpc) is 3.24. The number of carbonyl (C=O) groups is 1. The van der Waals surface area contributed by atoms with Crippen molar-refractivity contribution in [3.63, 3.8) is 0 Å². The second-order valence-corrected chi connectivity index (χ2v) is 9.77. The van der Waals surface area contributed by atoms with Crippen LogP contribution in [0.2, 0.25) is 0 Å². The van der Waals surface area contributed by atoms with Crippen molar-refractivity contribution in [3.8, 4) is 0 Å². The Labute approximate surface area is 166 Å². The normalized spacial score (nSPS) is 20.6. The second-order valence-electron chi connectivity index (χ2n) is 7.96. The number of carbonyl (C=O) groups excluding carboxylic acids is 1. The molecule has 1 N–H and O–H groups in total. The van der Waals surface area contributed by atoms with Crippen LogP contribution in [-0.4, -0.2) is 67.9 Å². The summed E-state index contributed by atoms with van der Waals surface area (Å²) in [5.41, 5.74) is 0.754. The highest BCUT2D eigenvalue weighted by Gasteiger charge is 2.40. The third kappa shape index (κ3) is 3.52. The molecule has 9 heteroatoms. The Kier molecular flexibility index (Phi) is 5.35. The molecular weight excluding hydrogens is 378 g/mol. The Morgan fingerprint density at radius 3 is 2.57 bits per heavy atom. The van der Waals surface area contributed by atoms with E-state index < -0.39 is 10.0 Å². The van der Waals surface area contributed by atoms with Crippen molar-refractivity contribution in [2.75, 3.05) is 43.4 Å². The van der Waals surface area contributed by atoms with Crippen LogP contribution in [-0.2, 0) is 10.0 Å². The zero-order valence-corrected chi connectivity index (χ0v) is 17.2. The number of pyridine rings is 1. The quantitative estimate of drug-likeness (QED) is 0.829. The molecule has 1 saturated heterocycles. The number of likely N-dealkylation sites (N-methyl/N-ethyl adjacent to an activating group) is 1. The van der Waals surface area contributed by atoms with Gasteiger partial charge in [0.25, 0.3) is 10.0 Å². The molecule has 3 heterocycles. The highest BCUT2D eigenvalue weighted by molar-refractivity contribution is 7.89. The zero-order chi connectivity index (χ0) is 19.7. The molecule has 0 aromatic carbocycles. The molecule has 4 rings (SSSR count). The molecule has 2 fully saturated rings. The topological polar surface area (TPSA) is 85.9 Å². The Hall–Kier alpha value is -2.03. The van der Waals surface area contributed by atoms with Crippen LogP contribution in [0.1, 0.15) is 44.9 Å². The van der Waals surface area contributed by atoms with Gasteiger partial charge in [-0.1, -0.05) is 19.3 Å². The molecule has 0 spiro atoms. The second kappa shape index (κ2) is 7.77. The molecule has 1 aliphatic carbocycles. The Bertz CT molecular complexity index is 832. The van der Waals surface area contributed by atoms with Crippen molar-refractivity contribution in [2.45, 2.75) is 55.9 Å². The molecule has 1 aromatic rings. The fraction of sp³-hybridized carbons (Fsp3) is 0.684. The molecular formula is C19H29N5O3S. The van der Waals surface area contributed by atoms with E-state index in [1.54, 1.807) is 11.0 Å². The monoisotopic (exact) mass is 407 g/mol. The van der Waals surface area contributed by atoms with Crippen LogP contribution in [0.3, 0.4) is 0 Å². The number of anilines is 2. The molecule has 8 nitrogen and oxygen atoms in total. The first-order valence-electron chi connectivity index (χ1n) is 10.3. The highest BCUT2D eigenvalue weighted by Crippen LogP contribution is 2.33. The first kappa shape index (κ1) is 19.3. The van der Waals surface area contributed by atoms with Gasteiger partial charge in [-0.2, -0.15) is 0 Å². The van der Waals surface area contributed by atoms with Gasteiger partial charge in [0.15, 0.2) is 0 Å². The molecule has 2 aliphatic heterocycles. The van der Waals surface area contributed by atoms with Gasteiger partial charge in [0.2, 0.25) is 0 Å². The number of nitrogens with one attached hydrogen (secondary N) is 1. The minimum absolute atomic E-state index is 0.0971. The van der Waals surface area contributed by atoms with Gasteiger partial charge in [0.1, 0.15) is 10.7 Å². The van der Waals surface area contributed by atoms with Gasteiger partial charge >= 0.3 is 6.03 Å². The van der Waals surface area contributed by atoms with Crippen LogP contribution < -0.4 is 10.2 Å². The van der Waals surface area contributed by atoms with Gasteiger partial charge in [-0.3, -0.25) is 0 Å². The number of amides is 2. The van der Waals surface area contributed by atoms with Crippen molar-refractivity contribution < 1.29 is 13.2 Å². The van der Waals surface area contributed by atoms with E-state index in [1.165, 1.54) is 10.5 Å². The van der Waals surface area contributed by atoms with Crippen LogP contribution in [0.5, 0.6) is 0 Å². The number of sulfonamides is 1. The fourth-order valence-corrected chi connectivity index (χ4v) is 6.00. The van der Waals surface area contributed by atoms with E-state index in [-0.39, 0.29) is 17.0 Å².